The molecular weight excluding hydrogens is 579 g/mol. The molecule has 0 heterocycles. The fraction of sp³-hybridized carbons (Fsp3) is 0.0213. The van der Waals surface area contributed by atoms with Crippen molar-refractivity contribution >= 4 is 27.8 Å². The van der Waals surface area contributed by atoms with Crippen molar-refractivity contribution in [2.75, 3.05) is 4.90 Å². The molecule has 0 amide bonds. The maximum Gasteiger partial charge on any atom is 0.0713 e. The summed E-state index contributed by atoms with van der Waals surface area (Å²) in [5, 5.41) is 2.46. The molecule has 9 rings (SSSR count). The molecule has 0 fully saturated rings. The number of anilines is 3. The summed E-state index contributed by atoms with van der Waals surface area (Å²) in [5.74, 6) is 0. The molecule has 0 saturated heterocycles. The van der Waals surface area contributed by atoms with E-state index in [1.165, 1.54) is 61.0 Å². The van der Waals surface area contributed by atoms with Crippen LogP contribution in [0.1, 0.15) is 22.3 Å². The Morgan fingerprint density at radius 1 is 0.333 bits per heavy atom. The molecule has 8 aromatic carbocycles. The van der Waals surface area contributed by atoms with Crippen molar-refractivity contribution < 1.29 is 0 Å². The van der Waals surface area contributed by atoms with Gasteiger partial charge < -0.3 is 4.90 Å². The van der Waals surface area contributed by atoms with Crippen LogP contribution in [0, 0.1) is 0 Å². The Morgan fingerprint density at radius 2 is 0.812 bits per heavy atom. The standard InChI is InChI=1S/C47H33N/c1-3-16-37(17-4-1)47(44-23-11-9-21-42(44)43-22-10-12-24-45(43)47)38-30-26-34(27-31-38)35-28-32-40(33-29-35)48(39-18-5-2-6-19-39)46-25-13-15-36-14-7-8-20-41(36)46/h1-33H. The van der Waals surface area contributed by atoms with Crippen molar-refractivity contribution in [3.8, 4) is 22.3 Å². The van der Waals surface area contributed by atoms with Crippen LogP contribution in [-0.4, -0.2) is 0 Å². The van der Waals surface area contributed by atoms with Crippen molar-refractivity contribution in [2.45, 2.75) is 5.41 Å². The van der Waals surface area contributed by atoms with Gasteiger partial charge in [-0.25, -0.2) is 0 Å². The van der Waals surface area contributed by atoms with Gasteiger partial charge in [0.1, 0.15) is 0 Å². The number of hydrogen-bond donors (Lipinski definition) is 0. The predicted octanol–water partition coefficient (Wildman–Crippen LogP) is 12.3. The summed E-state index contributed by atoms with van der Waals surface area (Å²) < 4.78 is 0. The molecule has 0 aromatic heterocycles. The molecule has 0 bridgehead atoms. The Hall–Kier alpha value is -6.18. The lowest BCUT2D eigenvalue weighted by Gasteiger charge is -2.34. The molecule has 226 valence electrons. The highest BCUT2D eigenvalue weighted by molar-refractivity contribution is 5.99. The lowest BCUT2D eigenvalue weighted by Crippen LogP contribution is -2.28. The normalized spacial score (nSPS) is 12.8. The molecular formula is C47H33N. The second-order valence-electron chi connectivity index (χ2n) is 12.5. The molecule has 0 aliphatic heterocycles. The molecule has 0 N–H and O–H groups in total. The van der Waals surface area contributed by atoms with Crippen molar-refractivity contribution in [3.05, 3.63) is 222 Å². The quantitative estimate of drug-likeness (QED) is 0.181. The molecule has 0 radical (unpaired) electrons. The second-order valence-corrected chi connectivity index (χ2v) is 12.5. The van der Waals surface area contributed by atoms with Crippen LogP contribution in [0.4, 0.5) is 17.1 Å². The number of nitrogens with zero attached hydrogens (tertiary/aromatic N) is 1. The Labute approximate surface area is 282 Å². The van der Waals surface area contributed by atoms with Gasteiger partial charge in [0.05, 0.1) is 11.1 Å². The molecule has 0 saturated carbocycles. The molecule has 0 unspecified atom stereocenters. The highest BCUT2D eigenvalue weighted by Crippen LogP contribution is 2.56. The van der Waals surface area contributed by atoms with Crippen molar-refractivity contribution in [1.82, 2.24) is 0 Å². The van der Waals surface area contributed by atoms with Gasteiger partial charge in [-0.2, -0.15) is 0 Å². The van der Waals surface area contributed by atoms with Crippen LogP contribution < -0.4 is 4.90 Å². The van der Waals surface area contributed by atoms with Crippen molar-refractivity contribution in [2.24, 2.45) is 0 Å². The molecule has 1 aliphatic rings. The number of benzene rings is 8. The van der Waals surface area contributed by atoms with Crippen LogP contribution in [-0.2, 0) is 5.41 Å². The van der Waals surface area contributed by atoms with Gasteiger partial charge in [-0.3, -0.25) is 0 Å². The molecule has 48 heavy (non-hydrogen) atoms. The average Bonchev–Trinajstić information content (AvgIpc) is 3.47. The molecule has 1 heteroatoms. The van der Waals surface area contributed by atoms with E-state index < -0.39 is 0 Å². The smallest absolute Gasteiger partial charge is 0.0713 e. The zero-order valence-electron chi connectivity index (χ0n) is 26.5. The van der Waals surface area contributed by atoms with Gasteiger partial charge in [-0.05, 0) is 80.2 Å². The van der Waals surface area contributed by atoms with E-state index in [0.717, 1.165) is 11.4 Å². The van der Waals surface area contributed by atoms with Crippen molar-refractivity contribution in [1.29, 1.82) is 0 Å². The highest BCUT2D eigenvalue weighted by atomic mass is 15.1. The van der Waals surface area contributed by atoms with Gasteiger partial charge in [-0.1, -0.05) is 170 Å². The highest BCUT2D eigenvalue weighted by Gasteiger charge is 2.45. The molecule has 0 atom stereocenters. The van der Waals surface area contributed by atoms with Crippen LogP contribution in [0.15, 0.2) is 200 Å². The van der Waals surface area contributed by atoms with E-state index in [4.69, 9.17) is 0 Å². The summed E-state index contributed by atoms with van der Waals surface area (Å²) in [6.07, 6.45) is 0. The van der Waals surface area contributed by atoms with E-state index in [-0.39, 0.29) is 5.41 Å². The maximum absolute atomic E-state index is 2.35. The zero-order chi connectivity index (χ0) is 31.9. The third kappa shape index (κ3) is 4.40. The second kappa shape index (κ2) is 11.6. The predicted molar refractivity (Wildman–Crippen MR) is 201 cm³/mol. The van der Waals surface area contributed by atoms with Gasteiger partial charge in [-0.15, -0.1) is 0 Å². The van der Waals surface area contributed by atoms with Gasteiger partial charge in [0.15, 0.2) is 0 Å². The van der Waals surface area contributed by atoms with Gasteiger partial charge in [0, 0.05) is 16.8 Å². The lowest BCUT2D eigenvalue weighted by atomic mass is 9.67. The summed E-state index contributed by atoms with van der Waals surface area (Å²) in [4.78, 5) is 2.35. The van der Waals surface area contributed by atoms with Crippen LogP contribution >= 0.6 is 0 Å². The molecule has 8 aromatic rings. The minimum Gasteiger partial charge on any atom is -0.310 e. The lowest BCUT2D eigenvalue weighted by molar-refractivity contribution is 0.768. The van der Waals surface area contributed by atoms with E-state index in [2.05, 4.69) is 205 Å². The molecule has 1 aliphatic carbocycles. The number of fused-ring (bicyclic) bond motifs is 4. The van der Waals surface area contributed by atoms with Crippen LogP contribution in [0.5, 0.6) is 0 Å². The first kappa shape index (κ1) is 28.1. The average molecular weight is 612 g/mol. The minimum absolute atomic E-state index is 0.383. The third-order valence-corrected chi connectivity index (χ3v) is 9.96. The summed E-state index contributed by atoms with van der Waals surface area (Å²) in [7, 11) is 0. The number of rotatable bonds is 6. The van der Waals surface area contributed by atoms with E-state index in [9.17, 15) is 0 Å². The first-order valence-corrected chi connectivity index (χ1v) is 16.6. The SMILES string of the molecule is c1ccc(N(c2ccc(-c3ccc(C4(c5ccccc5)c5ccccc5-c5ccccc54)cc3)cc2)c2cccc3ccccc23)cc1. The van der Waals surface area contributed by atoms with Crippen LogP contribution in [0.25, 0.3) is 33.0 Å². The topological polar surface area (TPSA) is 3.24 Å². The Balaban J connectivity index is 1.13. The van der Waals surface area contributed by atoms with E-state index in [1.807, 2.05) is 0 Å². The maximum atomic E-state index is 2.35. The molecule has 1 nitrogen and oxygen atoms in total. The van der Waals surface area contributed by atoms with Gasteiger partial charge >= 0.3 is 0 Å². The first-order chi connectivity index (χ1) is 23.8. The van der Waals surface area contributed by atoms with Gasteiger partial charge in [0.25, 0.3) is 0 Å². The summed E-state index contributed by atoms with van der Waals surface area (Å²) in [6.45, 7) is 0. The van der Waals surface area contributed by atoms with E-state index >= 15 is 0 Å². The summed E-state index contributed by atoms with van der Waals surface area (Å²) >= 11 is 0. The minimum atomic E-state index is -0.383. The first-order valence-electron chi connectivity index (χ1n) is 16.6. The van der Waals surface area contributed by atoms with E-state index in [0.29, 0.717) is 0 Å². The zero-order valence-corrected chi connectivity index (χ0v) is 26.5. The number of hydrogen-bond acceptors (Lipinski definition) is 1. The number of para-hydroxylation sites is 1. The van der Waals surface area contributed by atoms with E-state index in [1.54, 1.807) is 0 Å². The Morgan fingerprint density at radius 3 is 1.48 bits per heavy atom. The fourth-order valence-corrected chi connectivity index (χ4v) is 7.84. The van der Waals surface area contributed by atoms with Crippen molar-refractivity contribution in [3.63, 3.8) is 0 Å². The monoisotopic (exact) mass is 611 g/mol. The molecule has 0 spiro atoms. The fourth-order valence-electron chi connectivity index (χ4n) is 7.84. The summed E-state index contributed by atoms with van der Waals surface area (Å²) in [6, 6.07) is 72.8. The van der Waals surface area contributed by atoms with Crippen LogP contribution in [0.3, 0.4) is 0 Å². The summed E-state index contributed by atoms with van der Waals surface area (Å²) in [5.41, 5.74) is 13.3. The third-order valence-electron chi connectivity index (χ3n) is 9.96. The largest absolute Gasteiger partial charge is 0.310 e. The van der Waals surface area contributed by atoms with Crippen LogP contribution in [0.2, 0.25) is 0 Å². The Bertz CT molecular complexity index is 2320. The Kier molecular flexibility index (Phi) is 6.76. The van der Waals surface area contributed by atoms with Gasteiger partial charge in [0.2, 0.25) is 0 Å².